The first kappa shape index (κ1) is 22.4. The molecule has 1 unspecified atom stereocenters. The van der Waals surface area contributed by atoms with Gasteiger partial charge in [-0.15, -0.1) is 0 Å². The largest absolute Gasteiger partial charge is 0.484 e. The highest BCUT2D eigenvalue weighted by Gasteiger charge is 2.30. The van der Waals surface area contributed by atoms with Gasteiger partial charge in [0.25, 0.3) is 5.91 Å². The minimum Gasteiger partial charge on any atom is -0.484 e. The van der Waals surface area contributed by atoms with Gasteiger partial charge in [0, 0.05) is 45.8 Å². The summed E-state index contributed by atoms with van der Waals surface area (Å²) in [6.07, 6.45) is 6.66. The van der Waals surface area contributed by atoms with Crippen LogP contribution in [0.15, 0.2) is 29.3 Å². The highest BCUT2D eigenvalue weighted by Crippen LogP contribution is 2.26. The van der Waals surface area contributed by atoms with Gasteiger partial charge < -0.3 is 20.3 Å². The highest BCUT2D eigenvalue weighted by molar-refractivity contribution is 5.80. The maximum Gasteiger partial charge on any atom is 0.259 e. The predicted octanol–water partition coefficient (Wildman–Crippen LogP) is 2.23. The lowest BCUT2D eigenvalue weighted by atomic mass is 10.2. The molecule has 3 rings (SSSR count). The van der Waals surface area contributed by atoms with Gasteiger partial charge in [0.2, 0.25) is 0 Å². The van der Waals surface area contributed by atoms with Crippen LogP contribution in [0.25, 0.3) is 0 Å². The number of likely N-dealkylation sites (N-methyl/N-ethyl adjacent to an activating group) is 1. The van der Waals surface area contributed by atoms with Crippen LogP contribution in [0.5, 0.6) is 5.75 Å². The summed E-state index contributed by atoms with van der Waals surface area (Å²) in [5.74, 6) is 1.50. The van der Waals surface area contributed by atoms with Crippen molar-refractivity contribution < 1.29 is 9.53 Å². The summed E-state index contributed by atoms with van der Waals surface area (Å²) in [4.78, 5) is 20.7. The second-order valence-corrected chi connectivity index (χ2v) is 8.48. The van der Waals surface area contributed by atoms with Crippen molar-refractivity contribution in [1.82, 2.24) is 20.4 Å². The fourth-order valence-electron chi connectivity index (χ4n) is 4.20. The first-order valence-electron chi connectivity index (χ1n) is 11.3. The van der Waals surface area contributed by atoms with Gasteiger partial charge in [0.1, 0.15) is 5.75 Å². The third kappa shape index (κ3) is 6.62. The molecule has 166 valence electrons. The molecule has 1 aliphatic heterocycles. The summed E-state index contributed by atoms with van der Waals surface area (Å²) < 4.78 is 5.62. The van der Waals surface area contributed by atoms with Gasteiger partial charge in [-0.05, 0) is 43.9 Å². The number of ether oxygens (including phenoxy) is 1. The average Bonchev–Trinajstić information content (AvgIpc) is 3.42. The van der Waals surface area contributed by atoms with Crippen LogP contribution in [0.2, 0.25) is 0 Å². The number of hydrogen-bond donors (Lipinski definition) is 2. The molecule has 2 fully saturated rings. The van der Waals surface area contributed by atoms with Gasteiger partial charge in [-0.3, -0.25) is 9.69 Å². The van der Waals surface area contributed by atoms with E-state index in [0.717, 1.165) is 30.7 Å². The highest BCUT2D eigenvalue weighted by atomic mass is 16.5. The minimum absolute atomic E-state index is 0.0447. The third-order valence-electron chi connectivity index (χ3n) is 5.93. The number of carbonyl (C=O) groups is 1. The lowest BCUT2D eigenvalue weighted by Gasteiger charge is -2.24. The van der Waals surface area contributed by atoms with E-state index in [2.05, 4.69) is 22.5 Å². The van der Waals surface area contributed by atoms with Crippen LogP contribution in [0, 0.1) is 0 Å². The molecule has 2 N–H and O–H groups in total. The Hall–Kier alpha value is -2.28. The molecule has 2 aliphatic rings. The summed E-state index contributed by atoms with van der Waals surface area (Å²) in [7, 11) is 3.45. The van der Waals surface area contributed by atoms with E-state index >= 15 is 0 Å². The van der Waals surface area contributed by atoms with Crippen molar-refractivity contribution in [3.05, 3.63) is 29.8 Å². The Labute approximate surface area is 180 Å². The zero-order chi connectivity index (χ0) is 21.3. The number of benzene rings is 1. The zero-order valence-electron chi connectivity index (χ0n) is 18.7. The van der Waals surface area contributed by atoms with Gasteiger partial charge in [-0.25, -0.2) is 4.99 Å². The van der Waals surface area contributed by atoms with Crippen LogP contribution >= 0.6 is 0 Å². The van der Waals surface area contributed by atoms with Crippen molar-refractivity contribution in [2.75, 3.05) is 40.3 Å². The van der Waals surface area contributed by atoms with E-state index in [0.29, 0.717) is 18.3 Å². The molecular formula is C23H37N5O2. The number of nitrogens with zero attached hydrogens (tertiary/aromatic N) is 3. The first-order chi connectivity index (χ1) is 14.5. The molecule has 1 heterocycles. The molecule has 0 spiro atoms. The molecule has 1 aromatic rings. The number of aliphatic imine (C=N–C) groups is 1. The van der Waals surface area contributed by atoms with E-state index < -0.39 is 0 Å². The SMILES string of the molecule is CCNC(=NCc1cccc(OCC(=O)N(C)C)c1)NC1CCN(C2CCCC2)C1. The van der Waals surface area contributed by atoms with Crippen LogP contribution in [0.1, 0.15) is 44.6 Å². The maximum absolute atomic E-state index is 11.7. The molecule has 0 aromatic heterocycles. The van der Waals surface area contributed by atoms with Crippen molar-refractivity contribution >= 4 is 11.9 Å². The summed E-state index contributed by atoms with van der Waals surface area (Å²) in [6.45, 7) is 5.83. The summed E-state index contributed by atoms with van der Waals surface area (Å²) in [5, 5.41) is 6.99. The van der Waals surface area contributed by atoms with Gasteiger partial charge in [-0.2, -0.15) is 0 Å². The third-order valence-corrected chi connectivity index (χ3v) is 5.93. The van der Waals surface area contributed by atoms with Crippen molar-refractivity contribution in [1.29, 1.82) is 0 Å². The Morgan fingerprint density at radius 3 is 2.80 bits per heavy atom. The number of likely N-dealkylation sites (tertiary alicyclic amines) is 1. The fraction of sp³-hybridized carbons (Fsp3) is 0.652. The number of guanidine groups is 1. The molecule has 1 saturated heterocycles. The quantitative estimate of drug-likeness (QED) is 0.503. The summed E-state index contributed by atoms with van der Waals surface area (Å²) in [6, 6.07) is 9.04. The zero-order valence-corrected chi connectivity index (χ0v) is 18.7. The lowest BCUT2D eigenvalue weighted by molar-refractivity contribution is -0.130. The Bertz CT molecular complexity index is 715. The Morgan fingerprint density at radius 1 is 1.27 bits per heavy atom. The van der Waals surface area contributed by atoms with Crippen molar-refractivity contribution in [2.24, 2.45) is 4.99 Å². The first-order valence-corrected chi connectivity index (χ1v) is 11.3. The lowest BCUT2D eigenvalue weighted by Crippen LogP contribution is -2.45. The molecule has 0 radical (unpaired) electrons. The molecule has 0 bridgehead atoms. The van der Waals surface area contributed by atoms with Crippen LogP contribution < -0.4 is 15.4 Å². The fourth-order valence-corrected chi connectivity index (χ4v) is 4.20. The number of carbonyl (C=O) groups excluding carboxylic acids is 1. The summed E-state index contributed by atoms with van der Waals surface area (Å²) >= 11 is 0. The Kier molecular flexibility index (Phi) is 8.37. The molecule has 7 nitrogen and oxygen atoms in total. The van der Waals surface area contributed by atoms with E-state index in [9.17, 15) is 4.79 Å². The van der Waals surface area contributed by atoms with Crippen molar-refractivity contribution in [3.8, 4) is 5.75 Å². The molecule has 1 atom stereocenters. The second kappa shape index (κ2) is 11.2. The average molecular weight is 416 g/mol. The number of rotatable bonds is 8. The van der Waals surface area contributed by atoms with Crippen LogP contribution in [-0.2, 0) is 11.3 Å². The van der Waals surface area contributed by atoms with Crippen molar-refractivity contribution in [3.63, 3.8) is 0 Å². The second-order valence-electron chi connectivity index (χ2n) is 8.48. The molecular weight excluding hydrogens is 378 g/mol. The van der Waals surface area contributed by atoms with Gasteiger partial charge in [0.05, 0.1) is 6.54 Å². The molecule has 1 aromatic carbocycles. The monoisotopic (exact) mass is 415 g/mol. The normalized spacial score (nSPS) is 20.4. The van der Waals surface area contributed by atoms with E-state index in [-0.39, 0.29) is 12.5 Å². The van der Waals surface area contributed by atoms with E-state index in [1.807, 2.05) is 24.3 Å². The molecule has 1 amide bonds. The van der Waals surface area contributed by atoms with Crippen molar-refractivity contribution in [2.45, 2.75) is 57.7 Å². The standard InChI is InChI=1S/C23H37N5O2/c1-4-24-23(26-19-12-13-28(16-19)20-9-5-6-10-20)25-15-18-8-7-11-21(14-18)30-17-22(29)27(2)3/h7-8,11,14,19-20H,4-6,9-10,12-13,15-17H2,1-3H3,(H2,24,25,26). The van der Waals surface area contributed by atoms with E-state index in [4.69, 9.17) is 9.73 Å². The maximum atomic E-state index is 11.7. The van der Waals surface area contributed by atoms with Gasteiger partial charge >= 0.3 is 0 Å². The predicted molar refractivity (Wildman–Crippen MR) is 121 cm³/mol. The molecule has 7 heteroatoms. The van der Waals surface area contributed by atoms with E-state index in [1.165, 1.54) is 43.5 Å². The van der Waals surface area contributed by atoms with Crippen LogP contribution in [-0.4, -0.2) is 74.1 Å². The molecule has 30 heavy (non-hydrogen) atoms. The van der Waals surface area contributed by atoms with Gasteiger partial charge in [-0.1, -0.05) is 25.0 Å². The Balaban J connectivity index is 1.53. The van der Waals surface area contributed by atoms with Crippen LogP contribution in [0.4, 0.5) is 0 Å². The topological polar surface area (TPSA) is 69.2 Å². The number of hydrogen-bond acceptors (Lipinski definition) is 4. The minimum atomic E-state index is -0.0553. The summed E-state index contributed by atoms with van der Waals surface area (Å²) in [5.41, 5.74) is 1.06. The van der Waals surface area contributed by atoms with Crippen LogP contribution in [0.3, 0.4) is 0 Å². The molecule has 1 aliphatic carbocycles. The van der Waals surface area contributed by atoms with Gasteiger partial charge in [0.15, 0.2) is 12.6 Å². The Morgan fingerprint density at radius 2 is 2.07 bits per heavy atom. The number of amides is 1. The number of nitrogens with one attached hydrogen (secondary N) is 2. The smallest absolute Gasteiger partial charge is 0.259 e. The molecule has 1 saturated carbocycles. The van der Waals surface area contributed by atoms with E-state index in [1.54, 1.807) is 14.1 Å².